The molecule has 0 fully saturated rings. The van der Waals surface area contributed by atoms with Crippen LogP contribution in [0.15, 0.2) is 70.5 Å². The van der Waals surface area contributed by atoms with Crippen molar-refractivity contribution < 1.29 is 13.9 Å². The van der Waals surface area contributed by atoms with Crippen LogP contribution in [-0.2, 0) is 13.9 Å². The monoisotopic (exact) mass is 658 g/mol. The summed E-state index contributed by atoms with van der Waals surface area (Å²) < 4.78 is 25.9. The van der Waals surface area contributed by atoms with E-state index in [0.29, 0.717) is 0 Å². The first kappa shape index (κ1) is 32.4. The van der Waals surface area contributed by atoms with Gasteiger partial charge in [-0.05, 0) is 0 Å². The third-order valence-corrected chi connectivity index (χ3v) is 28.7. The summed E-state index contributed by atoms with van der Waals surface area (Å²) in [5, 5.41) is 2.60. The second kappa shape index (κ2) is 15.2. The standard InChI is InChI=1S/C22H27O3Si.3C4H9.Sn/c1-22(2,3)26(19-11-7-5-8-12-19,20-13-9-6-10-14-20)25-18-15-16-24-21(17-18)23-4;3*1-3-4-2;/h5-15,18,21H,17H2,1-4H3;3*1,3-4H2,2H3;/t18-,21-;;;;/m1..../s1. The van der Waals surface area contributed by atoms with Crippen LogP contribution in [0.5, 0.6) is 0 Å². The molecule has 1 aliphatic rings. The van der Waals surface area contributed by atoms with Gasteiger partial charge in [-0.3, -0.25) is 0 Å². The third kappa shape index (κ3) is 7.81. The van der Waals surface area contributed by atoms with Crippen molar-refractivity contribution in [2.24, 2.45) is 0 Å². The number of rotatable bonds is 15. The van der Waals surface area contributed by atoms with E-state index in [9.17, 15) is 0 Å². The van der Waals surface area contributed by atoms with Crippen molar-refractivity contribution in [3.05, 3.63) is 70.5 Å². The Labute approximate surface area is 244 Å². The molecule has 0 saturated carbocycles. The maximum absolute atomic E-state index is 7.62. The summed E-state index contributed by atoms with van der Waals surface area (Å²) >= 11 is -2.81. The predicted octanol–water partition coefficient (Wildman–Crippen LogP) is 8.60. The molecular formula is C34H54O3SiSn. The summed E-state index contributed by atoms with van der Waals surface area (Å²) in [6, 6.07) is 22.0. The molecule has 0 aliphatic carbocycles. The molecule has 0 spiro atoms. The van der Waals surface area contributed by atoms with Gasteiger partial charge in [0.15, 0.2) is 0 Å². The minimum atomic E-state index is -2.81. The van der Waals surface area contributed by atoms with Crippen LogP contribution in [0.3, 0.4) is 0 Å². The molecule has 2 atom stereocenters. The number of unbranched alkanes of at least 4 members (excludes halogenated alkanes) is 3. The Kier molecular flexibility index (Phi) is 12.7. The van der Waals surface area contributed by atoms with Gasteiger partial charge in [0.05, 0.1) is 0 Å². The van der Waals surface area contributed by atoms with Crippen LogP contribution in [0.25, 0.3) is 0 Å². The SMILES string of the molecule is CCC[CH2][Sn]([CH2]CCC)([CH2]CCC)[C]1=C[C@@H](O[Si](c2ccccc2)(c2ccccc2)C(C)(C)C)C[C@H](OC)O1. The van der Waals surface area contributed by atoms with Gasteiger partial charge in [0.25, 0.3) is 0 Å². The maximum atomic E-state index is 7.62. The summed E-state index contributed by atoms with van der Waals surface area (Å²) in [7, 11) is -0.876. The number of methoxy groups -OCH3 is 1. The van der Waals surface area contributed by atoms with E-state index in [4.69, 9.17) is 13.9 Å². The van der Waals surface area contributed by atoms with Crippen LogP contribution in [0.2, 0.25) is 18.3 Å². The summed E-state index contributed by atoms with van der Waals surface area (Å²) in [4.78, 5) is 0. The van der Waals surface area contributed by atoms with Crippen LogP contribution in [0, 0.1) is 0 Å². The van der Waals surface area contributed by atoms with Gasteiger partial charge in [-0.15, -0.1) is 0 Å². The molecule has 0 N–H and O–H groups in total. The molecule has 3 rings (SSSR count). The van der Waals surface area contributed by atoms with Crippen molar-refractivity contribution in [3.63, 3.8) is 0 Å². The Morgan fingerprint density at radius 2 is 1.26 bits per heavy atom. The summed E-state index contributed by atoms with van der Waals surface area (Å²) in [6.07, 6.45) is 10.6. The Hall–Kier alpha value is -1.08. The van der Waals surface area contributed by atoms with Gasteiger partial charge in [0.2, 0.25) is 0 Å². The van der Waals surface area contributed by atoms with Crippen molar-refractivity contribution in [1.29, 1.82) is 0 Å². The fourth-order valence-corrected chi connectivity index (χ4v) is 26.7. The molecule has 0 bridgehead atoms. The van der Waals surface area contributed by atoms with Crippen LogP contribution < -0.4 is 10.4 Å². The fraction of sp³-hybridized carbons (Fsp3) is 0.588. The van der Waals surface area contributed by atoms with Gasteiger partial charge in [-0.25, -0.2) is 0 Å². The minimum absolute atomic E-state index is 0.0223. The Balaban J connectivity index is 2.16. The van der Waals surface area contributed by atoms with Crippen LogP contribution >= 0.6 is 0 Å². The summed E-state index contributed by atoms with van der Waals surface area (Å²) in [5.74, 6) is 0. The van der Waals surface area contributed by atoms with E-state index in [0.717, 1.165) is 6.42 Å². The first-order valence-corrected chi connectivity index (χ1v) is 24.9. The molecule has 0 amide bonds. The molecule has 2 aromatic rings. The van der Waals surface area contributed by atoms with E-state index in [1.165, 1.54) is 66.0 Å². The number of hydrogen-bond acceptors (Lipinski definition) is 3. The van der Waals surface area contributed by atoms with E-state index in [1.54, 1.807) is 7.11 Å². The molecule has 39 heavy (non-hydrogen) atoms. The van der Waals surface area contributed by atoms with Crippen LogP contribution in [0.4, 0.5) is 0 Å². The van der Waals surface area contributed by atoms with Gasteiger partial charge in [0.1, 0.15) is 0 Å². The molecule has 0 aromatic heterocycles. The topological polar surface area (TPSA) is 27.7 Å². The van der Waals surface area contributed by atoms with E-state index >= 15 is 0 Å². The molecule has 1 aliphatic heterocycles. The zero-order chi connectivity index (χ0) is 28.4. The number of ether oxygens (including phenoxy) is 2. The van der Waals surface area contributed by atoms with Crippen molar-refractivity contribution in [2.75, 3.05) is 7.11 Å². The Morgan fingerprint density at radius 3 is 1.64 bits per heavy atom. The average molecular weight is 658 g/mol. The second-order valence-corrected chi connectivity index (χ2v) is 29.7. The summed E-state index contributed by atoms with van der Waals surface area (Å²) in [5.41, 5.74) is 0. The normalized spacial score (nSPS) is 18.5. The van der Waals surface area contributed by atoms with Gasteiger partial charge in [0, 0.05) is 0 Å². The fourth-order valence-electron chi connectivity index (χ4n) is 6.39. The molecule has 0 unspecified atom stereocenters. The number of benzene rings is 2. The average Bonchev–Trinajstić information content (AvgIpc) is 2.95. The quantitative estimate of drug-likeness (QED) is 0.180. The van der Waals surface area contributed by atoms with Crippen molar-refractivity contribution in [3.8, 4) is 0 Å². The molecule has 1 heterocycles. The van der Waals surface area contributed by atoms with E-state index in [1.807, 2.05) is 0 Å². The molecule has 216 valence electrons. The van der Waals surface area contributed by atoms with Crippen LogP contribution in [-0.4, -0.2) is 46.2 Å². The zero-order valence-electron chi connectivity index (χ0n) is 25.8. The first-order chi connectivity index (χ1) is 18.8. The molecule has 0 radical (unpaired) electrons. The van der Waals surface area contributed by atoms with E-state index in [-0.39, 0.29) is 17.4 Å². The zero-order valence-corrected chi connectivity index (χ0v) is 29.7. The molecule has 5 heteroatoms. The van der Waals surface area contributed by atoms with Crippen molar-refractivity contribution in [1.82, 2.24) is 0 Å². The molecule has 2 aromatic carbocycles. The second-order valence-electron chi connectivity index (χ2n) is 12.5. The summed E-state index contributed by atoms with van der Waals surface area (Å²) in [6.45, 7) is 14.1. The number of hydrogen-bond donors (Lipinski definition) is 0. The van der Waals surface area contributed by atoms with Gasteiger partial charge < -0.3 is 0 Å². The third-order valence-electron chi connectivity index (χ3n) is 8.58. The van der Waals surface area contributed by atoms with E-state index < -0.39 is 26.7 Å². The predicted molar refractivity (Wildman–Crippen MR) is 172 cm³/mol. The Bertz CT molecular complexity index is 941. The van der Waals surface area contributed by atoms with E-state index in [2.05, 4.69) is 108 Å². The van der Waals surface area contributed by atoms with Gasteiger partial charge in [-0.1, -0.05) is 0 Å². The Morgan fingerprint density at radius 1 is 0.795 bits per heavy atom. The molecular weight excluding hydrogens is 603 g/mol. The van der Waals surface area contributed by atoms with Crippen LogP contribution in [0.1, 0.15) is 86.5 Å². The molecule has 3 nitrogen and oxygen atoms in total. The first-order valence-electron chi connectivity index (χ1n) is 15.5. The van der Waals surface area contributed by atoms with Crippen molar-refractivity contribution in [2.45, 2.75) is 117 Å². The van der Waals surface area contributed by atoms with Gasteiger partial charge >= 0.3 is 246 Å². The van der Waals surface area contributed by atoms with Gasteiger partial charge in [-0.2, -0.15) is 0 Å². The molecule has 0 saturated heterocycles. The van der Waals surface area contributed by atoms with Crippen molar-refractivity contribution >= 4 is 37.1 Å².